The second kappa shape index (κ2) is 12.8. The Morgan fingerprint density at radius 3 is 2.30 bits per heavy atom. The van der Waals surface area contributed by atoms with Crippen molar-refractivity contribution in [2.75, 3.05) is 4.72 Å². The predicted molar refractivity (Wildman–Crippen MR) is 184 cm³/mol. The lowest BCUT2D eigenvalue weighted by molar-refractivity contribution is 0.123. The number of sulfonamides is 1. The predicted octanol–water partition coefficient (Wildman–Crippen LogP) is 6.54. The van der Waals surface area contributed by atoms with Crippen LogP contribution in [0.15, 0.2) is 42.5 Å². The van der Waals surface area contributed by atoms with Crippen molar-refractivity contribution in [2.45, 2.75) is 86.6 Å². The molecule has 2 aromatic heterocycles. The third kappa shape index (κ3) is 6.95. The van der Waals surface area contributed by atoms with Crippen molar-refractivity contribution in [3.63, 3.8) is 0 Å². The number of rotatable bonds is 11. The molecule has 3 N–H and O–H groups in total. The minimum absolute atomic E-state index is 0.0403. The lowest BCUT2D eigenvalue weighted by atomic mass is 9.94. The van der Waals surface area contributed by atoms with Crippen LogP contribution in [0.2, 0.25) is 5.02 Å². The van der Waals surface area contributed by atoms with Gasteiger partial charge in [-0.25, -0.2) is 39.4 Å². The summed E-state index contributed by atoms with van der Waals surface area (Å²) in [6.45, 7) is 3.68. The van der Waals surface area contributed by atoms with Crippen molar-refractivity contribution in [2.24, 2.45) is 5.73 Å². The van der Waals surface area contributed by atoms with Gasteiger partial charge in [-0.2, -0.15) is 5.10 Å². The SMILES string of the molecule is CC1(S(=O)(=O)Nc2nn(CC(F)F)c3c(-c4ccc(C#CC(C)(C)S(=O)(=O)C5CC5)nc4C(N)Cc4cc(F)cc(F)c4)ccc(Cl)c23)CC1. The summed E-state index contributed by atoms with van der Waals surface area (Å²) in [5.74, 6) is 3.79. The van der Waals surface area contributed by atoms with Crippen LogP contribution in [-0.2, 0) is 32.8 Å². The third-order valence-corrected chi connectivity index (χ3v) is 14.5. The fraction of sp³-hybridized carbons (Fsp3) is 0.412. The first-order chi connectivity index (χ1) is 23.3. The van der Waals surface area contributed by atoms with E-state index >= 15 is 0 Å². The molecule has 0 aliphatic heterocycles. The summed E-state index contributed by atoms with van der Waals surface area (Å²) in [5.41, 5.74) is 7.78. The van der Waals surface area contributed by atoms with Crippen LogP contribution < -0.4 is 10.5 Å². The van der Waals surface area contributed by atoms with Gasteiger partial charge in [0.2, 0.25) is 10.0 Å². The van der Waals surface area contributed by atoms with Gasteiger partial charge in [0.05, 0.1) is 37.7 Å². The van der Waals surface area contributed by atoms with Gasteiger partial charge in [-0.3, -0.25) is 9.40 Å². The Labute approximate surface area is 292 Å². The Bertz CT molecular complexity index is 2270. The minimum atomic E-state index is -3.96. The van der Waals surface area contributed by atoms with Crippen molar-refractivity contribution in [3.05, 3.63) is 76.1 Å². The monoisotopic (exact) mass is 751 g/mol. The van der Waals surface area contributed by atoms with Crippen molar-refractivity contribution in [3.8, 4) is 23.0 Å². The highest BCUT2D eigenvalue weighted by molar-refractivity contribution is 7.94. The Hall–Kier alpha value is -3.71. The summed E-state index contributed by atoms with van der Waals surface area (Å²) in [5, 5.41) is 3.88. The molecule has 0 spiro atoms. The zero-order valence-corrected chi connectivity index (χ0v) is 29.7. The van der Waals surface area contributed by atoms with Gasteiger partial charge in [-0.05, 0) is 94.7 Å². The number of alkyl halides is 2. The molecule has 1 unspecified atom stereocenters. The molecule has 2 aliphatic carbocycles. The molecule has 2 fully saturated rings. The summed E-state index contributed by atoms with van der Waals surface area (Å²) in [4.78, 5) is 4.66. The largest absolute Gasteiger partial charge is 0.322 e. The van der Waals surface area contributed by atoms with Gasteiger partial charge in [0.1, 0.15) is 28.6 Å². The van der Waals surface area contributed by atoms with Crippen LogP contribution >= 0.6 is 11.6 Å². The van der Waals surface area contributed by atoms with Crippen molar-refractivity contribution >= 4 is 48.2 Å². The molecule has 0 saturated heterocycles. The van der Waals surface area contributed by atoms with Crippen LogP contribution in [0.3, 0.4) is 0 Å². The molecule has 2 aliphatic rings. The molecule has 6 rings (SSSR count). The summed E-state index contributed by atoms with van der Waals surface area (Å²) < 4.78 is 109. The molecule has 4 aromatic rings. The van der Waals surface area contributed by atoms with E-state index in [1.54, 1.807) is 13.0 Å². The first-order valence-electron chi connectivity index (χ1n) is 15.8. The number of nitrogens with zero attached hydrogens (tertiary/aromatic N) is 3. The number of nitrogens with two attached hydrogens (primary N) is 1. The molecule has 16 heteroatoms. The second-order valence-electron chi connectivity index (χ2n) is 13.5. The van der Waals surface area contributed by atoms with Crippen LogP contribution in [0.4, 0.5) is 23.4 Å². The van der Waals surface area contributed by atoms with Crippen LogP contribution in [0.5, 0.6) is 0 Å². The van der Waals surface area contributed by atoms with Gasteiger partial charge in [0.25, 0.3) is 6.43 Å². The molecule has 9 nitrogen and oxygen atoms in total. The van der Waals surface area contributed by atoms with Crippen molar-refractivity contribution < 1.29 is 34.4 Å². The highest BCUT2D eigenvalue weighted by Crippen LogP contribution is 2.45. The highest BCUT2D eigenvalue weighted by atomic mass is 35.5. The normalized spacial score (nSPS) is 16.7. The zero-order chi connectivity index (χ0) is 36.4. The van der Waals surface area contributed by atoms with E-state index in [2.05, 4.69) is 26.6 Å². The van der Waals surface area contributed by atoms with E-state index in [1.165, 1.54) is 32.0 Å². The van der Waals surface area contributed by atoms with E-state index in [-0.39, 0.29) is 50.7 Å². The lowest BCUT2D eigenvalue weighted by Gasteiger charge is -2.19. The molecule has 2 saturated carbocycles. The van der Waals surface area contributed by atoms with E-state index < -0.39 is 65.3 Å². The maximum absolute atomic E-state index is 14.1. The van der Waals surface area contributed by atoms with Crippen LogP contribution in [0.25, 0.3) is 22.0 Å². The Morgan fingerprint density at radius 2 is 1.70 bits per heavy atom. The van der Waals surface area contributed by atoms with Gasteiger partial charge < -0.3 is 5.73 Å². The molecule has 266 valence electrons. The standard InChI is InChI=1S/C34H34ClF4N5O4S2/c1-33(2,49(45,46)23-5-6-23)11-10-22-4-7-24(30(41-22)27(40)16-19-14-20(36)17-21(37)15-19)25-8-9-26(35)29-31(25)44(18-28(38)39)42-32(29)43-50(47,48)34(3)12-13-34/h4,7-9,14-15,17,23,27-28H,5-6,12-13,16,18,40H2,1-3H3,(H,42,43). The Morgan fingerprint density at radius 1 is 1.06 bits per heavy atom. The molecule has 1 atom stereocenters. The average molecular weight is 752 g/mol. The molecule has 0 amide bonds. The molecular weight excluding hydrogens is 718 g/mol. The van der Waals surface area contributed by atoms with E-state index in [9.17, 15) is 34.4 Å². The van der Waals surface area contributed by atoms with Gasteiger partial charge in [0.15, 0.2) is 15.7 Å². The van der Waals surface area contributed by atoms with Crippen LogP contribution in [-0.4, -0.2) is 52.8 Å². The van der Waals surface area contributed by atoms with E-state index in [4.69, 9.17) is 17.3 Å². The molecule has 50 heavy (non-hydrogen) atoms. The van der Waals surface area contributed by atoms with Gasteiger partial charge in [-0.15, -0.1) is 0 Å². The Kier molecular flexibility index (Phi) is 9.24. The van der Waals surface area contributed by atoms with Crippen LogP contribution in [0.1, 0.15) is 69.4 Å². The fourth-order valence-electron chi connectivity index (χ4n) is 5.74. The molecule has 0 radical (unpaired) electrons. The number of nitrogens with one attached hydrogen (secondary N) is 1. The summed E-state index contributed by atoms with van der Waals surface area (Å²) in [7, 11) is -7.51. The molecular formula is C34H34ClF4N5O4S2. The van der Waals surface area contributed by atoms with E-state index in [0.717, 1.165) is 22.9 Å². The number of hydrogen-bond acceptors (Lipinski definition) is 7. The summed E-state index contributed by atoms with van der Waals surface area (Å²) in [6, 6.07) is 7.98. The van der Waals surface area contributed by atoms with Gasteiger partial charge in [-0.1, -0.05) is 23.6 Å². The number of fused-ring (bicyclic) bond motifs is 1. The zero-order valence-electron chi connectivity index (χ0n) is 27.3. The highest BCUT2D eigenvalue weighted by Gasteiger charge is 2.50. The summed E-state index contributed by atoms with van der Waals surface area (Å²) >= 11 is 6.59. The van der Waals surface area contributed by atoms with Gasteiger partial charge >= 0.3 is 0 Å². The number of pyridine rings is 1. The van der Waals surface area contributed by atoms with Gasteiger partial charge in [0, 0.05) is 17.2 Å². The lowest BCUT2D eigenvalue weighted by Crippen LogP contribution is -2.33. The quantitative estimate of drug-likeness (QED) is 0.131. The van der Waals surface area contributed by atoms with Crippen molar-refractivity contribution in [1.29, 1.82) is 0 Å². The number of sulfone groups is 1. The second-order valence-corrected chi connectivity index (χ2v) is 18.9. The minimum Gasteiger partial charge on any atom is -0.322 e. The van der Waals surface area contributed by atoms with E-state index in [0.29, 0.717) is 31.2 Å². The first-order valence-corrected chi connectivity index (χ1v) is 19.2. The maximum Gasteiger partial charge on any atom is 0.257 e. The Balaban J connectivity index is 1.52. The van der Waals surface area contributed by atoms with Crippen molar-refractivity contribution in [1.82, 2.24) is 14.8 Å². The third-order valence-electron chi connectivity index (χ3n) is 9.10. The summed E-state index contributed by atoms with van der Waals surface area (Å²) in [6.07, 6.45) is -1.02. The first kappa shape index (κ1) is 36.1. The van der Waals surface area contributed by atoms with E-state index in [1.807, 2.05) is 0 Å². The number of anilines is 1. The smallest absolute Gasteiger partial charge is 0.257 e. The number of aromatic nitrogens is 3. The molecule has 2 aromatic carbocycles. The molecule has 0 bridgehead atoms. The fourth-order valence-corrected chi connectivity index (χ4v) is 9.05. The number of hydrogen-bond donors (Lipinski definition) is 2. The average Bonchev–Trinajstić information content (AvgIpc) is 3.95. The van der Waals surface area contributed by atoms with Crippen LogP contribution in [0, 0.1) is 23.5 Å². The topological polar surface area (TPSA) is 137 Å². The maximum atomic E-state index is 14.1. The molecule has 2 heterocycles. The number of benzene rings is 2. The number of halogens is 5.